The molecule has 0 radical (unpaired) electrons. The molecular formula is C7H9BrClN3O2. The maximum Gasteiger partial charge on any atom is 0.148 e. The molecule has 0 saturated heterocycles. The summed E-state index contributed by atoms with van der Waals surface area (Å²) in [4.78, 5) is 7.50. The van der Waals surface area contributed by atoms with Crippen LogP contribution in [0.3, 0.4) is 0 Å². The summed E-state index contributed by atoms with van der Waals surface area (Å²) in [5.41, 5.74) is 5.55. The number of nitrogens with two attached hydrogens (primary N) is 1. The number of alkyl halides is 1. The second-order valence-corrected chi connectivity index (χ2v) is 3.66. The number of hydrogen-bond acceptors (Lipinski definition) is 5. The SMILES string of the molecule is Nc1ncc(Cl)nc1C(O)C(O)CBr. The molecule has 0 spiro atoms. The Kier molecular flexibility index (Phi) is 4.06. The van der Waals surface area contributed by atoms with Gasteiger partial charge in [0.2, 0.25) is 0 Å². The van der Waals surface area contributed by atoms with Crippen molar-refractivity contribution in [3.8, 4) is 0 Å². The van der Waals surface area contributed by atoms with Crippen LogP contribution in [-0.2, 0) is 0 Å². The molecule has 0 aliphatic carbocycles. The second kappa shape index (κ2) is 4.88. The van der Waals surface area contributed by atoms with Crippen molar-refractivity contribution in [2.24, 2.45) is 0 Å². The van der Waals surface area contributed by atoms with Crippen molar-refractivity contribution in [2.75, 3.05) is 11.1 Å². The standard InChI is InChI=1S/C7H9BrClN3O2/c8-1-3(13)6(14)5-7(10)11-2-4(9)12-5/h2-3,6,13-14H,1H2,(H2,10,11). The van der Waals surface area contributed by atoms with Gasteiger partial charge in [-0.3, -0.25) is 0 Å². The number of aromatic nitrogens is 2. The van der Waals surface area contributed by atoms with Crippen molar-refractivity contribution in [3.63, 3.8) is 0 Å². The summed E-state index contributed by atoms with van der Waals surface area (Å²) in [6.45, 7) is 0. The Balaban J connectivity index is 2.99. The van der Waals surface area contributed by atoms with Crippen LogP contribution in [0.4, 0.5) is 5.82 Å². The van der Waals surface area contributed by atoms with E-state index in [0.29, 0.717) is 0 Å². The molecule has 1 aromatic heterocycles. The Hall–Kier alpha value is -0.430. The first kappa shape index (κ1) is 11.6. The predicted octanol–water partition coefficient (Wildman–Crippen LogP) is 0.501. The molecule has 4 N–H and O–H groups in total. The molecule has 14 heavy (non-hydrogen) atoms. The first-order chi connectivity index (χ1) is 6.56. The summed E-state index contributed by atoms with van der Waals surface area (Å²) in [6.07, 6.45) is -0.918. The lowest BCUT2D eigenvalue weighted by Crippen LogP contribution is -2.22. The van der Waals surface area contributed by atoms with Gasteiger partial charge in [-0.15, -0.1) is 0 Å². The molecule has 0 fully saturated rings. The number of hydrogen-bond donors (Lipinski definition) is 3. The highest BCUT2D eigenvalue weighted by atomic mass is 79.9. The topological polar surface area (TPSA) is 92.3 Å². The zero-order valence-electron chi connectivity index (χ0n) is 7.06. The van der Waals surface area contributed by atoms with Gasteiger partial charge in [0.1, 0.15) is 22.8 Å². The second-order valence-electron chi connectivity index (χ2n) is 2.63. The van der Waals surface area contributed by atoms with Crippen LogP contribution >= 0.6 is 27.5 Å². The highest BCUT2D eigenvalue weighted by Crippen LogP contribution is 2.21. The van der Waals surface area contributed by atoms with Gasteiger partial charge in [-0.25, -0.2) is 9.97 Å². The van der Waals surface area contributed by atoms with Crippen molar-refractivity contribution in [3.05, 3.63) is 17.0 Å². The van der Waals surface area contributed by atoms with E-state index in [9.17, 15) is 10.2 Å². The molecule has 78 valence electrons. The number of anilines is 1. The Morgan fingerprint density at radius 1 is 1.57 bits per heavy atom. The number of nitrogen functional groups attached to an aromatic ring is 1. The molecule has 0 aliphatic rings. The van der Waals surface area contributed by atoms with Crippen LogP contribution in [0.15, 0.2) is 6.20 Å². The number of aliphatic hydroxyl groups excluding tert-OH is 2. The van der Waals surface area contributed by atoms with E-state index < -0.39 is 12.2 Å². The summed E-state index contributed by atoms with van der Waals surface area (Å²) in [7, 11) is 0. The monoisotopic (exact) mass is 281 g/mol. The van der Waals surface area contributed by atoms with Crippen molar-refractivity contribution >= 4 is 33.3 Å². The zero-order valence-corrected chi connectivity index (χ0v) is 9.40. The van der Waals surface area contributed by atoms with Gasteiger partial charge in [0.05, 0.1) is 12.3 Å². The molecule has 1 aromatic rings. The summed E-state index contributed by atoms with van der Waals surface area (Å²) in [6, 6.07) is 0. The Bertz CT molecular complexity index is 326. The van der Waals surface area contributed by atoms with Crippen LogP contribution in [0.5, 0.6) is 0 Å². The number of rotatable bonds is 3. The van der Waals surface area contributed by atoms with E-state index in [-0.39, 0.29) is 22.0 Å². The molecule has 0 amide bonds. The van der Waals surface area contributed by atoms with E-state index in [1.54, 1.807) is 0 Å². The lowest BCUT2D eigenvalue weighted by Gasteiger charge is -2.15. The summed E-state index contributed by atoms with van der Waals surface area (Å²) < 4.78 is 0. The Morgan fingerprint density at radius 3 is 2.79 bits per heavy atom. The number of halogens is 2. The lowest BCUT2D eigenvalue weighted by atomic mass is 10.1. The van der Waals surface area contributed by atoms with Crippen molar-refractivity contribution in [2.45, 2.75) is 12.2 Å². The molecule has 7 heteroatoms. The molecule has 1 heterocycles. The van der Waals surface area contributed by atoms with Crippen molar-refractivity contribution in [1.29, 1.82) is 0 Å². The molecule has 5 nitrogen and oxygen atoms in total. The predicted molar refractivity (Wildman–Crippen MR) is 56.2 cm³/mol. The molecule has 2 atom stereocenters. The molecule has 0 saturated carbocycles. The summed E-state index contributed by atoms with van der Waals surface area (Å²) in [5.74, 6) is 0.0573. The van der Waals surface area contributed by atoms with Crippen molar-refractivity contribution < 1.29 is 10.2 Å². The third-order valence-corrected chi connectivity index (χ3v) is 2.45. The normalized spacial score (nSPS) is 15.1. The summed E-state index contributed by atoms with van der Waals surface area (Å²) >= 11 is 8.60. The van der Waals surface area contributed by atoms with E-state index in [2.05, 4.69) is 25.9 Å². The average Bonchev–Trinajstić information content (AvgIpc) is 2.19. The number of aliphatic hydroxyl groups is 2. The molecule has 1 rings (SSSR count). The quantitative estimate of drug-likeness (QED) is 0.702. The minimum absolute atomic E-state index is 0.0573. The van der Waals surface area contributed by atoms with Gasteiger partial charge in [-0.2, -0.15) is 0 Å². The smallest absolute Gasteiger partial charge is 0.148 e. The van der Waals surface area contributed by atoms with Crippen LogP contribution in [0.25, 0.3) is 0 Å². The van der Waals surface area contributed by atoms with Gasteiger partial charge < -0.3 is 15.9 Å². The van der Waals surface area contributed by atoms with Gasteiger partial charge in [-0.1, -0.05) is 27.5 Å². The van der Waals surface area contributed by atoms with Crippen LogP contribution in [0, 0.1) is 0 Å². The van der Waals surface area contributed by atoms with Gasteiger partial charge in [0.15, 0.2) is 0 Å². The van der Waals surface area contributed by atoms with E-state index in [1.807, 2.05) is 0 Å². The molecule has 0 bridgehead atoms. The van der Waals surface area contributed by atoms with Gasteiger partial charge in [0, 0.05) is 5.33 Å². The Morgan fingerprint density at radius 2 is 2.21 bits per heavy atom. The number of nitrogens with zero attached hydrogens (tertiary/aromatic N) is 2. The van der Waals surface area contributed by atoms with Gasteiger partial charge >= 0.3 is 0 Å². The van der Waals surface area contributed by atoms with E-state index >= 15 is 0 Å². The van der Waals surface area contributed by atoms with Crippen LogP contribution in [0.2, 0.25) is 5.15 Å². The Labute approximate surface area is 94.1 Å². The van der Waals surface area contributed by atoms with Gasteiger partial charge in [0.25, 0.3) is 0 Å². The first-order valence-electron chi connectivity index (χ1n) is 3.76. The fourth-order valence-electron chi connectivity index (χ4n) is 0.874. The average molecular weight is 283 g/mol. The first-order valence-corrected chi connectivity index (χ1v) is 5.26. The van der Waals surface area contributed by atoms with Crippen molar-refractivity contribution in [1.82, 2.24) is 9.97 Å². The van der Waals surface area contributed by atoms with Crippen LogP contribution in [-0.4, -0.2) is 31.6 Å². The fraction of sp³-hybridized carbons (Fsp3) is 0.429. The molecular weight excluding hydrogens is 273 g/mol. The maximum absolute atomic E-state index is 9.57. The lowest BCUT2D eigenvalue weighted by molar-refractivity contribution is 0.0318. The fourth-order valence-corrected chi connectivity index (χ4v) is 1.37. The van der Waals surface area contributed by atoms with E-state index in [0.717, 1.165) is 0 Å². The third kappa shape index (κ3) is 2.54. The zero-order chi connectivity index (χ0) is 10.7. The molecule has 0 aromatic carbocycles. The van der Waals surface area contributed by atoms with Crippen LogP contribution in [0.1, 0.15) is 11.8 Å². The van der Waals surface area contributed by atoms with E-state index in [4.69, 9.17) is 17.3 Å². The third-order valence-electron chi connectivity index (χ3n) is 1.60. The highest BCUT2D eigenvalue weighted by molar-refractivity contribution is 9.09. The maximum atomic E-state index is 9.57. The minimum atomic E-state index is -1.19. The minimum Gasteiger partial charge on any atom is -0.389 e. The molecule has 0 aliphatic heterocycles. The summed E-state index contributed by atoms with van der Waals surface area (Å²) in [5, 5.41) is 19.2. The van der Waals surface area contributed by atoms with Crippen LogP contribution < -0.4 is 5.73 Å². The van der Waals surface area contributed by atoms with E-state index in [1.165, 1.54) is 6.20 Å². The van der Waals surface area contributed by atoms with Gasteiger partial charge in [-0.05, 0) is 0 Å². The largest absolute Gasteiger partial charge is 0.389 e. The molecule has 2 unspecified atom stereocenters. The highest BCUT2D eigenvalue weighted by Gasteiger charge is 2.21.